The lowest BCUT2D eigenvalue weighted by Gasteiger charge is -2.21. The van der Waals surface area contributed by atoms with Crippen molar-refractivity contribution < 1.29 is 14.3 Å². The lowest BCUT2D eigenvalue weighted by molar-refractivity contribution is -0.0529. The zero-order valence-corrected chi connectivity index (χ0v) is 15.1. The number of methoxy groups -OCH3 is 1. The van der Waals surface area contributed by atoms with E-state index in [1.165, 1.54) is 4.57 Å². The summed E-state index contributed by atoms with van der Waals surface area (Å²) in [7, 11) is 1.61. The minimum Gasteiger partial charge on any atom is -0.376 e. The summed E-state index contributed by atoms with van der Waals surface area (Å²) in [6, 6.07) is 10.3. The molecule has 0 aliphatic carbocycles. The highest BCUT2D eigenvalue weighted by atomic mass is 16.6. The van der Waals surface area contributed by atoms with Crippen LogP contribution in [0.2, 0.25) is 0 Å². The number of amides is 1. The molecular formula is C19H23N3O4. The topological polar surface area (TPSA) is 82.5 Å². The fourth-order valence-corrected chi connectivity index (χ4v) is 3.33. The molecule has 26 heavy (non-hydrogen) atoms. The molecule has 138 valence electrons. The molecule has 1 aliphatic heterocycles. The van der Waals surface area contributed by atoms with Gasteiger partial charge in [0, 0.05) is 24.8 Å². The molecule has 0 unspecified atom stereocenters. The first-order valence-electron chi connectivity index (χ1n) is 8.69. The van der Waals surface area contributed by atoms with Crippen LogP contribution in [-0.4, -0.2) is 34.8 Å². The van der Waals surface area contributed by atoms with Gasteiger partial charge in [0.05, 0.1) is 6.10 Å². The Balaban J connectivity index is 1.80. The third kappa shape index (κ3) is 3.54. The Labute approximate surface area is 152 Å². The second kappa shape index (κ2) is 7.80. The van der Waals surface area contributed by atoms with Gasteiger partial charge in [0.25, 0.3) is 5.91 Å². The van der Waals surface area contributed by atoms with Gasteiger partial charge in [-0.15, -0.1) is 0 Å². The molecule has 1 aliphatic rings. The van der Waals surface area contributed by atoms with Crippen molar-refractivity contribution >= 4 is 11.7 Å². The summed E-state index contributed by atoms with van der Waals surface area (Å²) in [5.74, 6) is 0.0494. The molecule has 3 rings (SSSR count). The van der Waals surface area contributed by atoms with Crippen LogP contribution in [-0.2, 0) is 9.47 Å². The molecule has 7 nitrogen and oxygen atoms in total. The number of carbonyl (C=O) groups is 1. The summed E-state index contributed by atoms with van der Waals surface area (Å²) in [5, 5.41) is 2.64. The number of rotatable bonds is 5. The van der Waals surface area contributed by atoms with Crippen molar-refractivity contribution in [1.29, 1.82) is 0 Å². The van der Waals surface area contributed by atoms with Gasteiger partial charge in [-0.3, -0.25) is 9.36 Å². The molecule has 0 bridgehead atoms. The number of carbonyl (C=O) groups excluding carboxylic acids is 1. The number of hydrogen-bond donors (Lipinski definition) is 1. The van der Waals surface area contributed by atoms with Gasteiger partial charge in [-0.25, -0.2) is 4.79 Å². The molecule has 0 spiro atoms. The maximum Gasteiger partial charge on any atom is 0.351 e. The fourth-order valence-electron chi connectivity index (χ4n) is 3.33. The van der Waals surface area contributed by atoms with Crippen LogP contribution in [0.3, 0.4) is 0 Å². The number of nitrogens with zero attached hydrogens (tertiary/aromatic N) is 2. The quantitative estimate of drug-likeness (QED) is 0.889. The van der Waals surface area contributed by atoms with Crippen LogP contribution in [0, 0.1) is 5.92 Å². The highest BCUT2D eigenvalue weighted by molar-refractivity contribution is 6.03. The van der Waals surface area contributed by atoms with E-state index in [-0.39, 0.29) is 29.9 Å². The molecule has 1 aromatic heterocycles. The second-order valence-electron chi connectivity index (χ2n) is 6.36. The van der Waals surface area contributed by atoms with E-state index in [1.54, 1.807) is 43.6 Å². The highest BCUT2D eigenvalue weighted by Gasteiger charge is 2.42. The van der Waals surface area contributed by atoms with E-state index in [2.05, 4.69) is 17.2 Å². The molecule has 2 aromatic rings. The third-order valence-corrected chi connectivity index (χ3v) is 4.76. The highest BCUT2D eigenvalue weighted by Crippen LogP contribution is 2.36. The average molecular weight is 357 g/mol. The van der Waals surface area contributed by atoms with Gasteiger partial charge < -0.3 is 14.8 Å². The number of benzene rings is 1. The maximum absolute atomic E-state index is 12.5. The van der Waals surface area contributed by atoms with Crippen LogP contribution in [0.1, 0.15) is 36.9 Å². The minimum absolute atomic E-state index is 0.0225. The van der Waals surface area contributed by atoms with E-state index in [9.17, 15) is 9.59 Å². The Hall–Kier alpha value is -2.51. The first-order valence-corrected chi connectivity index (χ1v) is 8.69. The Kier molecular flexibility index (Phi) is 5.49. The molecular weight excluding hydrogens is 334 g/mol. The number of hydrogen-bond acceptors (Lipinski definition) is 5. The van der Waals surface area contributed by atoms with Gasteiger partial charge in [-0.05, 0) is 24.6 Å². The molecule has 0 saturated carbocycles. The lowest BCUT2D eigenvalue weighted by atomic mass is 9.98. The van der Waals surface area contributed by atoms with Gasteiger partial charge >= 0.3 is 5.69 Å². The zero-order valence-electron chi connectivity index (χ0n) is 15.1. The summed E-state index contributed by atoms with van der Waals surface area (Å²) >= 11 is 0. The van der Waals surface area contributed by atoms with Crippen molar-refractivity contribution in [2.75, 3.05) is 12.4 Å². The van der Waals surface area contributed by atoms with Crippen LogP contribution >= 0.6 is 0 Å². The number of nitrogens with one attached hydrogen (secondary N) is 1. The molecule has 7 heteroatoms. The Bertz CT molecular complexity index is 821. The van der Waals surface area contributed by atoms with Crippen molar-refractivity contribution in [3.8, 4) is 0 Å². The minimum atomic E-state index is -0.529. The first kappa shape index (κ1) is 18.3. The van der Waals surface area contributed by atoms with Crippen molar-refractivity contribution in [3.05, 3.63) is 58.6 Å². The van der Waals surface area contributed by atoms with Crippen molar-refractivity contribution in [2.45, 2.75) is 38.7 Å². The number of anilines is 1. The maximum atomic E-state index is 12.5. The van der Waals surface area contributed by atoms with E-state index < -0.39 is 11.9 Å². The second-order valence-corrected chi connectivity index (χ2v) is 6.36. The third-order valence-electron chi connectivity index (χ3n) is 4.76. The molecule has 4 atom stereocenters. The van der Waals surface area contributed by atoms with E-state index in [4.69, 9.17) is 9.47 Å². The van der Waals surface area contributed by atoms with Gasteiger partial charge in [0.2, 0.25) is 0 Å². The van der Waals surface area contributed by atoms with Gasteiger partial charge in [-0.2, -0.15) is 4.98 Å². The van der Waals surface area contributed by atoms with Crippen LogP contribution in [0.4, 0.5) is 5.82 Å². The predicted octanol–water partition coefficient (Wildman–Crippen LogP) is 2.45. The molecule has 2 heterocycles. The summed E-state index contributed by atoms with van der Waals surface area (Å²) in [6.45, 7) is 4.09. The molecule has 1 fully saturated rings. The molecule has 1 saturated heterocycles. The summed E-state index contributed by atoms with van der Waals surface area (Å²) in [4.78, 5) is 28.6. The Morgan fingerprint density at radius 2 is 2.04 bits per heavy atom. The van der Waals surface area contributed by atoms with E-state index in [0.717, 1.165) is 6.42 Å². The monoisotopic (exact) mass is 357 g/mol. The summed E-state index contributed by atoms with van der Waals surface area (Å²) in [6.07, 6.45) is 1.68. The SMILES string of the molecule is CC[C@H]1O[C@@H](n2ccc(NC(=O)c3ccccc3)nc2=O)[C@H](OC)[C@@H]1C. The molecule has 1 N–H and O–H groups in total. The lowest BCUT2D eigenvalue weighted by Crippen LogP contribution is -2.34. The van der Waals surface area contributed by atoms with Crippen LogP contribution in [0.15, 0.2) is 47.4 Å². The van der Waals surface area contributed by atoms with E-state index in [1.807, 2.05) is 13.0 Å². The summed E-state index contributed by atoms with van der Waals surface area (Å²) in [5.41, 5.74) is 0.00327. The zero-order chi connectivity index (χ0) is 18.7. The molecule has 0 radical (unpaired) electrons. The Morgan fingerprint density at radius 3 is 2.65 bits per heavy atom. The smallest absolute Gasteiger partial charge is 0.351 e. The average Bonchev–Trinajstić information content (AvgIpc) is 2.98. The van der Waals surface area contributed by atoms with E-state index in [0.29, 0.717) is 5.56 Å². The first-order chi connectivity index (χ1) is 12.5. The van der Waals surface area contributed by atoms with Gasteiger partial charge in [-0.1, -0.05) is 32.0 Å². The molecule has 1 amide bonds. The number of aromatic nitrogens is 2. The number of ether oxygens (including phenoxy) is 2. The summed E-state index contributed by atoms with van der Waals surface area (Å²) < 4.78 is 13.0. The Morgan fingerprint density at radius 1 is 1.31 bits per heavy atom. The fraction of sp³-hybridized carbons (Fsp3) is 0.421. The predicted molar refractivity (Wildman–Crippen MR) is 97.1 cm³/mol. The standard InChI is InChI=1S/C19H23N3O4/c1-4-14-12(2)16(25-3)18(26-14)22-11-10-15(21-19(22)24)20-17(23)13-8-6-5-7-9-13/h5-12,14,16,18H,4H2,1-3H3,(H,20,21,23,24)/t12-,14-,16-,18-/m1/s1. The largest absolute Gasteiger partial charge is 0.376 e. The van der Waals surface area contributed by atoms with Crippen molar-refractivity contribution in [1.82, 2.24) is 9.55 Å². The van der Waals surface area contributed by atoms with Crippen LogP contribution < -0.4 is 11.0 Å². The van der Waals surface area contributed by atoms with Crippen molar-refractivity contribution in [3.63, 3.8) is 0 Å². The van der Waals surface area contributed by atoms with Gasteiger partial charge in [0.1, 0.15) is 11.9 Å². The van der Waals surface area contributed by atoms with Crippen LogP contribution in [0.25, 0.3) is 0 Å². The van der Waals surface area contributed by atoms with Crippen molar-refractivity contribution in [2.24, 2.45) is 5.92 Å². The van der Waals surface area contributed by atoms with Gasteiger partial charge in [0.15, 0.2) is 6.23 Å². The van der Waals surface area contributed by atoms with E-state index >= 15 is 0 Å². The normalized spacial score (nSPS) is 25.2. The van der Waals surface area contributed by atoms with Crippen LogP contribution in [0.5, 0.6) is 0 Å². The molecule has 1 aromatic carbocycles.